The van der Waals surface area contributed by atoms with Gasteiger partial charge in [-0.25, -0.2) is 8.42 Å². The van der Waals surface area contributed by atoms with E-state index in [4.69, 9.17) is 27.9 Å². The molecule has 3 rings (SSSR count). The van der Waals surface area contributed by atoms with Gasteiger partial charge in [0.2, 0.25) is 10.0 Å². The van der Waals surface area contributed by atoms with E-state index in [0.29, 0.717) is 22.2 Å². The Morgan fingerprint density at radius 2 is 1.69 bits per heavy atom. The third kappa shape index (κ3) is 5.87. The lowest BCUT2D eigenvalue weighted by Crippen LogP contribution is -2.15. The van der Waals surface area contributed by atoms with E-state index >= 15 is 0 Å². The van der Waals surface area contributed by atoms with Gasteiger partial charge in [0.15, 0.2) is 5.75 Å². The van der Waals surface area contributed by atoms with Crippen molar-refractivity contribution in [3.63, 3.8) is 0 Å². The lowest BCUT2D eigenvalue weighted by atomic mass is 10.1. The fourth-order valence-electron chi connectivity index (χ4n) is 2.47. The van der Waals surface area contributed by atoms with E-state index < -0.39 is 15.9 Å². The molecule has 2 N–H and O–H groups in total. The number of halogens is 2. The number of carbonyl (C=O) groups excluding carboxylic acids is 1. The number of benzene rings is 3. The summed E-state index contributed by atoms with van der Waals surface area (Å²) in [7, 11) is -3.50. The number of sulfonamides is 1. The number of para-hydroxylation sites is 1. The molecule has 0 bridgehead atoms. The molecule has 0 atom stereocenters. The van der Waals surface area contributed by atoms with E-state index in [0.717, 1.165) is 6.26 Å². The van der Waals surface area contributed by atoms with Gasteiger partial charge >= 0.3 is 0 Å². The molecule has 0 aliphatic heterocycles. The largest absolute Gasteiger partial charge is 0.455 e. The Bertz CT molecular complexity index is 1150. The fourth-order valence-corrected chi connectivity index (χ4v) is 3.40. The first-order chi connectivity index (χ1) is 13.7. The number of hydrogen-bond acceptors (Lipinski definition) is 4. The molecule has 0 aliphatic rings. The van der Waals surface area contributed by atoms with Crippen molar-refractivity contribution in [2.75, 3.05) is 16.3 Å². The van der Waals surface area contributed by atoms with Gasteiger partial charge in [0.1, 0.15) is 5.75 Å². The van der Waals surface area contributed by atoms with Gasteiger partial charge in [0, 0.05) is 10.7 Å². The van der Waals surface area contributed by atoms with E-state index in [1.165, 1.54) is 18.2 Å². The molecule has 9 heteroatoms. The van der Waals surface area contributed by atoms with Gasteiger partial charge in [-0.05, 0) is 48.5 Å². The van der Waals surface area contributed by atoms with Crippen LogP contribution in [0.25, 0.3) is 0 Å². The number of rotatable bonds is 6. The van der Waals surface area contributed by atoms with Gasteiger partial charge in [-0.3, -0.25) is 9.52 Å². The van der Waals surface area contributed by atoms with Crippen molar-refractivity contribution in [3.8, 4) is 11.5 Å². The summed E-state index contributed by atoms with van der Waals surface area (Å²) < 4.78 is 31.0. The predicted octanol–water partition coefficient (Wildman–Crippen LogP) is 5.41. The molecule has 0 unspecified atom stereocenters. The molecule has 3 aromatic rings. The normalized spacial score (nSPS) is 11.0. The molecule has 6 nitrogen and oxygen atoms in total. The number of hydrogen-bond donors (Lipinski definition) is 2. The maximum Gasteiger partial charge on any atom is 0.257 e. The first-order valence-electron chi connectivity index (χ1n) is 8.32. The highest BCUT2D eigenvalue weighted by Gasteiger charge is 2.16. The zero-order valence-corrected chi connectivity index (χ0v) is 17.5. The molecule has 0 saturated carbocycles. The first kappa shape index (κ1) is 21.0. The zero-order valence-electron chi connectivity index (χ0n) is 15.1. The summed E-state index contributed by atoms with van der Waals surface area (Å²) in [6, 6.07) is 18.1. The topological polar surface area (TPSA) is 84.5 Å². The maximum absolute atomic E-state index is 12.8. The highest BCUT2D eigenvalue weighted by Crippen LogP contribution is 2.33. The van der Waals surface area contributed by atoms with Crippen LogP contribution in [0.1, 0.15) is 10.4 Å². The Morgan fingerprint density at radius 3 is 2.38 bits per heavy atom. The van der Waals surface area contributed by atoms with Gasteiger partial charge in [-0.2, -0.15) is 0 Å². The zero-order chi connectivity index (χ0) is 21.0. The summed E-state index contributed by atoms with van der Waals surface area (Å²) in [4.78, 5) is 12.8. The number of carbonyl (C=O) groups is 1. The van der Waals surface area contributed by atoms with Crippen molar-refractivity contribution in [1.82, 2.24) is 0 Å². The SMILES string of the molecule is CS(=O)(=O)Nc1ccc(Cl)c(C(=O)Nc2cc(Cl)ccc2Oc2ccccc2)c1. The summed E-state index contributed by atoms with van der Waals surface area (Å²) in [5, 5.41) is 3.27. The minimum Gasteiger partial charge on any atom is -0.455 e. The van der Waals surface area contributed by atoms with Crippen LogP contribution in [0.5, 0.6) is 11.5 Å². The molecule has 0 aromatic heterocycles. The first-order valence-corrected chi connectivity index (χ1v) is 11.0. The van der Waals surface area contributed by atoms with E-state index in [1.54, 1.807) is 30.3 Å². The van der Waals surface area contributed by atoms with Gasteiger partial charge in [-0.15, -0.1) is 0 Å². The summed E-state index contributed by atoms with van der Waals surface area (Å²) in [6.07, 6.45) is 1.01. The molecule has 1 amide bonds. The minimum absolute atomic E-state index is 0.0888. The smallest absolute Gasteiger partial charge is 0.257 e. The predicted molar refractivity (Wildman–Crippen MR) is 116 cm³/mol. The number of amides is 1. The van der Waals surface area contributed by atoms with Gasteiger partial charge in [-0.1, -0.05) is 41.4 Å². The molecule has 0 saturated heterocycles. The van der Waals surface area contributed by atoms with Gasteiger partial charge in [0.05, 0.1) is 22.5 Å². The Hall–Kier alpha value is -2.74. The van der Waals surface area contributed by atoms with Crippen molar-refractivity contribution in [2.24, 2.45) is 0 Å². The third-order valence-electron chi connectivity index (χ3n) is 3.68. The van der Waals surface area contributed by atoms with E-state index in [9.17, 15) is 13.2 Å². The van der Waals surface area contributed by atoms with Crippen LogP contribution in [0.4, 0.5) is 11.4 Å². The number of nitrogens with one attached hydrogen (secondary N) is 2. The second kappa shape index (κ2) is 8.73. The lowest BCUT2D eigenvalue weighted by Gasteiger charge is -2.14. The highest BCUT2D eigenvalue weighted by atomic mass is 35.5. The Labute approximate surface area is 178 Å². The van der Waals surface area contributed by atoms with Gasteiger partial charge in [0.25, 0.3) is 5.91 Å². The van der Waals surface area contributed by atoms with E-state index in [1.807, 2.05) is 18.2 Å². The summed E-state index contributed by atoms with van der Waals surface area (Å²) in [5.41, 5.74) is 0.642. The minimum atomic E-state index is -3.50. The summed E-state index contributed by atoms with van der Waals surface area (Å²) >= 11 is 12.2. The van der Waals surface area contributed by atoms with Crippen molar-refractivity contribution in [1.29, 1.82) is 0 Å². The van der Waals surface area contributed by atoms with E-state index in [2.05, 4.69) is 10.0 Å². The van der Waals surface area contributed by atoms with Crippen LogP contribution in [0, 0.1) is 0 Å². The van der Waals surface area contributed by atoms with Crippen molar-refractivity contribution >= 4 is 50.5 Å². The summed E-state index contributed by atoms with van der Waals surface area (Å²) in [6.45, 7) is 0. The lowest BCUT2D eigenvalue weighted by molar-refractivity contribution is 0.102. The second-order valence-electron chi connectivity index (χ2n) is 6.08. The van der Waals surface area contributed by atoms with Crippen molar-refractivity contribution in [2.45, 2.75) is 0 Å². The molecule has 0 aliphatic carbocycles. The van der Waals surface area contributed by atoms with Crippen LogP contribution in [0.15, 0.2) is 66.7 Å². The Balaban J connectivity index is 1.89. The highest BCUT2D eigenvalue weighted by molar-refractivity contribution is 7.92. The van der Waals surface area contributed by atoms with Crippen molar-refractivity contribution in [3.05, 3.63) is 82.3 Å². The maximum atomic E-state index is 12.8. The molecule has 3 aromatic carbocycles. The van der Waals surface area contributed by atoms with Crippen LogP contribution < -0.4 is 14.8 Å². The van der Waals surface area contributed by atoms with Crippen LogP contribution in [0.3, 0.4) is 0 Å². The molecule has 150 valence electrons. The van der Waals surface area contributed by atoms with Crippen molar-refractivity contribution < 1.29 is 17.9 Å². The number of anilines is 2. The Morgan fingerprint density at radius 1 is 0.966 bits per heavy atom. The fraction of sp³-hybridized carbons (Fsp3) is 0.0500. The van der Waals surface area contributed by atoms with Crippen LogP contribution in [-0.4, -0.2) is 20.6 Å². The van der Waals surface area contributed by atoms with Crippen LogP contribution in [0.2, 0.25) is 10.0 Å². The van der Waals surface area contributed by atoms with Gasteiger partial charge < -0.3 is 10.1 Å². The average Bonchev–Trinajstić information content (AvgIpc) is 2.65. The molecular weight excluding hydrogens is 435 g/mol. The summed E-state index contributed by atoms with van der Waals surface area (Å²) in [5.74, 6) is 0.422. The quantitative estimate of drug-likeness (QED) is 0.525. The van der Waals surface area contributed by atoms with Crippen LogP contribution in [-0.2, 0) is 10.0 Å². The third-order valence-corrected chi connectivity index (χ3v) is 4.85. The average molecular weight is 451 g/mol. The Kier molecular flexibility index (Phi) is 6.32. The molecule has 0 radical (unpaired) electrons. The molecule has 29 heavy (non-hydrogen) atoms. The molecular formula is C20H16Cl2N2O4S. The monoisotopic (exact) mass is 450 g/mol. The molecule has 0 spiro atoms. The van der Waals surface area contributed by atoms with Crippen LogP contribution >= 0.6 is 23.2 Å². The number of ether oxygens (including phenoxy) is 1. The molecule has 0 heterocycles. The standard InChI is InChI=1S/C20H16Cl2N2O4S/c1-29(26,27)24-14-8-9-17(22)16(12-14)20(25)23-18-11-13(21)7-10-19(18)28-15-5-3-2-4-6-15/h2-12,24H,1H3,(H,23,25). The van der Waals surface area contributed by atoms with E-state index in [-0.39, 0.29) is 16.3 Å². The second-order valence-corrected chi connectivity index (χ2v) is 8.67. The molecule has 0 fully saturated rings.